The van der Waals surface area contributed by atoms with Gasteiger partial charge in [0.1, 0.15) is 0 Å². The van der Waals surface area contributed by atoms with Gasteiger partial charge < -0.3 is 20.5 Å². The van der Waals surface area contributed by atoms with Crippen LogP contribution >= 0.6 is 11.6 Å². The molecule has 120 valence electrons. The minimum atomic E-state index is 0.646. The van der Waals surface area contributed by atoms with Crippen molar-refractivity contribution in [2.75, 3.05) is 39.3 Å². The van der Waals surface area contributed by atoms with Gasteiger partial charge >= 0.3 is 0 Å². The van der Waals surface area contributed by atoms with Gasteiger partial charge in [0, 0.05) is 62.4 Å². The third-order valence-corrected chi connectivity index (χ3v) is 5.00. The monoisotopic (exact) mass is 320 g/mol. The Labute approximate surface area is 137 Å². The zero-order valence-electron chi connectivity index (χ0n) is 13.2. The van der Waals surface area contributed by atoms with Gasteiger partial charge in [-0.2, -0.15) is 0 Å². The van der Waals surface area contributed by atoms with Crippen LogP contribution in [0.3, 0.4) is 0 Å². The molecule has 1 saturated heterocycles. The van der Waals surface area contributed by atoms with Crippen molar-refractivity contribution in [2.24, 2.45) is 5.73 Å². The van der Waals surface area contributed by atoms with Gasteiger partial charge in [-0.3, -0.25) is 0 Å². The van der Waals surface area contributed by atoms with E-state index >= 15 is 0 Å². The van der Waals surface area contributed by atoms with Crippen molar-refractivity contribution in [3.05, 3.63) is 34.5 Å². The fourth-order valence-corrected chi connectivity index (χ4v) is 3.51. The Kier molecular flexibility index (Phi) is 5.03. The standard InChI is InChI=1S/C17H25ClN4/c1-13-16(18)3-2-15-14(12-22(9-5-19)17(13)15)4-8-21-10-6-20-7-11-21/h2-3,12,20H,4-11,19H2,1H3. The highest BCUT2D eigenvalue weighted by Gasteiger charge is 2.14. The number of aryl methyl sites for hydroxylation is 1. The highest BCUT2D eigenvalue weighted by atomic mass is 35.5. The molecule has 0 radical (unpaired) electrons. The first-order chi connectivity index (χ1) is 10.7. The van der Waals surface area contributed by atoms with Crippen LogP contribution in [0.1, 0.15) is 11.1 Å². The van der Waals surface area contributed by atoms with Gasteiger partial charge in [0.05, 0.1) is 5.52 Å². The van der Waals surface area contributed by atoms with Crippen LogP contribution in [-0.4, -0.2) is 48.7 Å². The fraction of sp³-hybridized carbons (Fsp3) is 0.529. The smallest absolute Gasteiger partial charge is 0.0528 e. The summed E-state index contributed by atoms with van der Waals surface area (Å²) >= 11 is 6.31. The lowest BCUT2D eigenvalue weighted by Crippen LogP contribution is -2.44. The van der Waals surface area contributed by atoms with Crippen LogP contribution in [0.5, 0.6) is 0 Å². The van der Waals surface area contributed by atoms with Crippen LogP contribution in [0.15, 0.2) is 18.3 Å². The van der Waals surface area contributed by atoms with Crippen LogP contribution in [0.25, 0.3) is 10.9 Å². The summed E-state index contributed by atoms with van der Waals surface area (Å²) in [6.07, 6.45) is 3.35. The average Bonchev–Trinajstić information content (AvgIpc) is 2.89. The molecule has 5 heteroatoms. The van der Waals surface area contributed by atoms with E-state index in [9.17, 15) is 0 Å². The molecule has 0 amide bonds. The van der Waals surface area contributed by atoms with Gasteiger partial charge in [0.15, 0.2) is 0 Å². The predicted molar refractivity (Wildman–Crippen MR) is 93.8 cm³/mol. The molecule has 0 saturated carbocycles. The fourth-order valence-electron chi connectivity index (χ4n) is 3.35. The van der Waals surface area contributed by atoms with Crippen LogP contribution in [0.4, 0.5) is 0 Å². The molecular weight excluding hydrogens is 296 g/mol. The van der Waals surface area contributed by atoms with Gasteiger partial charge in [-0.25, -0.2) is 0 Å². The van der Waals surface area contributed by atoms with E-state index < -0.39 is 0 Å². The van der Waals surface area contributed by atoms with Gasteiger partial charge in [-0.15, -0.1) is 0 Å². The molecule has 4 nitrogen and oxygen atoms in total. The summed E-state index contributed by atoms with van der Waals surface area (Å²) in [5, 5.41) is 5.56. The number of piperazine rings is 1. The van der Waals surface area contributed by atoms with Crippen LogP contribution < -0.4 is 11.1 Å². The Bertz CT molecular complexity index is 644. The zero-order valence-corrected chi connectivity index (χ0v) is 14.0. The SMILES string of the molecule is Cc1c(Cl)ccc2c(CCN3CCNCC3)cn(CCN)c12. The predicted octanol–water partition coefficient (Wildman–Crippen LogP) is 2.01. The Morgan fingerprint density at radius 2 is 2.00 bits per heavy atom. The highest BCUT2D eigenvalue weighted by Crippen LogP contribution is 2.29. The number of nitrogens with two attached hydrogens (primary N) is 1. The van der Waals surface area contributed by atoms with Crippen molar-refractivity contribution >= 4 is 22.5 Å². The van der Waals surface area contributed by atoms with E-state index in [4.69, 9.17) is 17.3 Å². The lowest BCUT2D eigenvalue weighted by atomic mass is 10.1. The molecule has 1 aliphatic heterocycles. The summed E-state index contributed by atoms with van der Waals surface area (Å²) in [7, 11) is 0. The number of hydrogen-bond donors (Lipinski definition) is 2. The van der Waals surface area contributed by atoms with Crippen molar-refractivity contribution in [2.45, 2.75) is 19.9 Å². The Hall–Kier alpha value is -1.07. The van der Waals surface area contributed by atoms with E-state index in [-0.39, 0.29) is 0 Å². The largest absolute Gasteiger partial charge is 0.346 e. The lowest BCUT2D eigenvalue weighted by molar-refractivity contribution is 0.244. The number of rotatable bonds is 5. The summed E-state index contributed by atoms with van der Waals surface area (Å²) in [6.45, 7) is 9.19. The number of nitrogens with zero attached hydrogens (tertiary/aromatic N) is 2. The van der Waals surface area contributed by atoms with Crippen LogP contribution in [-0.2, 0) is 13.0 Å². The second-order valence-electron chi connectivity index (χ2n) is 6.05. The molecule has 1 aliphatic rings. The summed E-state index contributed by atoms with van der Waals surface area (Å²) in [4.78, 5) is 2.53. The molecule has 3 N–H and O–H groups in total. The minimum absolute atomic E-state index is 0.646. The molecule has 2 heterocycles. The Balaban J connectivity index is 1.87. The van der Waals surface area contributed by atoms with Crippen molar-refractivity contribution < 1.29 is 0 Å². The second-order valence-corrected chi connectivity index (χ2v) is 6.45. The lowest BCUT2D eigenvalue weighted by Gasteiger charge is -2.26. The van der Waals surface area contributed by atoms with E-state index in [1.807, 2.05) is 6.07 Å². The van der Waals surface area contributed by atoms with E-state index in [1.165, 1.54) is 16.5 Å². The number of aromatic nitrogens is 1. The molecule has 0 spiro atoms. The minimum Gasteiger partial charge on any atom is -0.346 e. The van der Waals surface area contributed by atoms with Gasteiger partial charge in [0.2, 0.25) is 0 Å². The molecule has 1 aromatic carbocycles. The van der Waals surface area contributed by atoms with Gasteiger partial charge in [0.25, 0.3) is 0 Å². The van der Waals surface area contributed by atoms with Crippen LogP contribution in [0.2, 0.25) is 5.02 Å². The average molecular weight is 321 g/mol. The molecule has 2 aromatic rings. The normalized spacial score (nSPS) is 16.5. The third-order valence-electron chi connectivity index (χ3n) is 4.59. The van der Waals surface area contributed by atoms with E-state index in [0.717, 1.165) is 56.3 Å². The van der Waals surface area contributed by atoms with Crippen molar-refractivity contribution in [3.8, 4) is 0 Å². The maximum atomic E-state index is 6.31. The van der Waals surface area contributed by atoms with Crippen molar-refractivity contribution in [1.29, 1.82) is 0 Å². The summed E-state index contributed by atoms with van der Waals surface area (Å²) in [5.41, 5.74) is 9.57. The molecule has 1 aromatic heterocycles. The molecule has 22 heavy (non-hydrogen) atoms. The zero-order chi connectivity index (χ0) is 15.5. The van der Waals surface area contributed by atoms with E-state index in [0.29, 0.717) is 6.54 Å². The molecule has 1 fully saturated rings. The number of nitrogens with one attached hydrogen (secondary N) is 1. The first-order valence-electron chi connectivity index (χ1n) is 8.10. The topological polar surface area (TPSA) is 46.2 Å². The van der Waals surface area contributed by atoms with E-state index in [2.05, 4.69) is 34.0 Å². The number of halogens is 1. The first-order valence-corrected chi connectivity index (χ1v) is 8.48. The number of benzene rings is 1. The molecule has 0 bridgehead atoms. The third kappa shape index (κ3) is 3.15. The molecule has 3 rings (SSSR count). The molecule has 0 atom stereocenters. The second kappa shape index (κ2) is 7.01. The highest BCUT2D eigenvalue weighted by molar-refractivity contribution is 6.32. The molecule has 0 unspecified atom stereocenters. The van der Waals surface area contributed by atoms with Crippen molar-refractivity contribution in [1.82, 2.24) is 14.8 Å². The summed E-state index contributed by atoms with van der Waals surface area (Å²) < 4.78 is 2.27. The maximum Gasteiger partial charge on any atom is 0.0528 e. The van der Waals surface area contributed by atoms with Crippen molar-refractivity contribution in [3.63, 3.8) is 0 Å². The Morgan fingerprint density at radius 1 is 1.23 bits per heavy atom. The maximum absolute atomic E-state index is 6.31. The number of fused-ring (bicyclic) bond motifs is 1. The number of hydrogen-bond acceptors (Lipinski definition) is 3. The van der Waals surface area contributed by atoms with Crippen LogP contribution in [0, 0.1) is 6.92 Å². The quantitative estimate of drug-likeness (QED) is 0.886. The molecule has 0 aliphatic carbocycles. The first kappa shape index (κ1) is 15.8. The van der Waals surface area contributed by atoms with Gasteiger partial charge in [-0.05, 0) is 30.5 Å². The molecular formula is C17H25ClN4. The van der Waals surface area contributed by atoms with E-state index in [1.54, 1.807) is 0 Å². The Morgan fingerprint density at radius 3 is 2.73 bits per heavy atom. The van der Waals surface area contributed by atoms with Gasteiger partial charge in [-0.1, -0.05) is 17.7 Å². The summed E-state index contributed by atoms with van der Waals surface area (Å²) in [5.74, 6) is 0. The summed E-state index contributed by atoms with van der Waals surface area (Å²) in [6, 6.07) is 4.17.